The van der Waals surface area contributed by atoms with Gasteiger partial charge in [-0.3, -0.25) is 9.05 Å². The van der Waals surface area contributed by atoms with Crippen LogP contribution < -0.4 is 5.32 Å². The predicted octanol–water partition coefficient (Wildman–Crippen LogP) is 4.27. The Morgan fingerprint density at radius 2 is 1.63 bits per heavy atom. The zero-order valence-corrected chi connectivity index (χ0v) is 19.5. The monoisotopic (exact) mass is 497 g/mol. The van der Waals surface area contributed by atoms with Gasteiger partial charge < -0.3 is 20.1 Å². The first-order chi connectivity index (χ1) is 16.8. The minimum atomic E-state index is -4.55. The highest BCUT2D eigenvalue weighted by Crippen LogP contribution is 2.44. The molecule has 1 aliphatic carbocycles. The van der Waals surface area contributed by atoms with Crippen LogP contribution in [0.3, 0.4) is 0 Å². The van der Waals surface area contributed by atoms with Crippen LogP contribution in [0.15, 0.2) is 72.8 Å². The van der Waals surface area contributed by atoms with E-state index < -0.39 is 32.5 Å². The predicted molar refractivity (Wildman–Crippen MR) is 126 cm³/mol. The molecule has 3 N–H and O–H groups in total. The minimum absolute atomic E-state index is 0.0606. The number of hydrogen-bond donors (Lipinski definition) is 3. The van der Waals surface area contributed by atoms with Crippen molar-refractivity contribution in [3.05, 3.63) is 95.1 Å². The summed E-state index contributed by atoms with van der Waals surface area (Å²) >= 11 is 0. The van der Waals surface area contributed by atoms with Gasteiger partial charge in [-0.2, -0.15) is 0 Å². The third-order valence-electron chi connectivity index (χ3n) is 5.54. The van der Waals surface area contributed by atoms with Crippen LogP contribution in [0.4, 0.5) is 4.79 Å². The third-order valence-corrected chi connectivity index (χ3v) is 6.47. The van der Waals surface area contributed by atoms with E-state index in [2.05, 4.69) is 5.32 Å². The Balaban J connectivity index is 1.30. The van der Waals surface area contributed by atoms with E-state index in [9.17, 15) is 24.2 Å². The van der Waals surface area contributed by atoms with Gasteiger partial charge in [-0.15, -0.1) is 0 Å². The Labute approximate surface area is 201 Å². The molecular weight excluding hydrogens is 473 g/mol. The van der Waals surface area contributed by atoms with Crippen molar-refractivity contribution in [3.63, 3.8) is 0 Å². The molecule has 0 fully saturated rings. The van der Waals surface area contributed by atoms with Gasteiger partial charge in [0.05, 0.1) is 13.2 Å². The lowest BCUT2D eigenvalue weighted by atomic mass is 10.0. The second kappa shape index (κ2) is 10.8. The van der Waals surface area contributed by atoms with E-state index in [1.807, 2.05) is 42.5 Å². The van der Waals surface area contributed by atoms with Crippen molar-refractivity contribution in [1.29, 1.82) is 0 Å². The zero-order valence-electron chi connectivity index (χ0n) is 18.6. The number of amides is 1. The summed E-state index contributed by atoms with van der Waals surface area (Å²) in [6.45, 7) is -1.05. The van der Waals surface area contributed by atoms with E-state index in [0.29, 0.717) is 12.0 Å². The first-order valence-electron chi connectivity index (χ1n) is 10.8. The summed E-state index contributed by atoms with van der Waals surface area (Å²) < 4.78 is 27.0. The third kappa shape index (κ3) is 6.35. The van der Waals surface area contributed by atoms with E-state index in [-0.39, 0.29) is 13.2 Å². The molecule has 0 saturated heterocycles. The number of aliphatic carboxylic acids is 1. The van der Waals surface area contributed by atoms with Crippen LogP contribution in [0.5, 0.6) is 0 Å². The summed E-state index contributed by atoms with van der Waals surface area (Å²) in [7, 11) is -4.55. The van der Waals surface area contributed by atoms with Gasteiger partial charge in [0.25, 0.3) is 0 Å². The van der Waals surface area contributed by atoms with Crippen molar-refractivity contribution in [2.75, 3.05) is 6.61 Å². The Bertz CT molecular complexity index is 1260. The molecule has 3 aromatic carbocycles. The number of nitrogens with one attached hydrogen (secondary N) is 1. The molecule has 0 bridgehead atoms. The first kappa shape index (κ1) is 24.6. The summed E-state index contributed by atoms with van der Waals surface area (Å²) in [4.78, 5) is 33.6. The molecule has 1 unspecified atom stereocenters. The second-order valence-electron chi connectivity index (χ2n) is 7.91. The SMILES string of the molecule is O=C(N[C@@H](COP(=O)(O)OCc1ccccc1)C(=O)O)OCc1cccc2c1Cc1ccccc1-2. The number of rotatable bonds is 10. The molecule has 1 amide bonds. The maximum Gasteiger partial charge on any atom is 0.472 e. The van der Waals surface area contributed by atoms with Crippen molar-refractivity contribution in [1.82, 2.24) is 5.32 Å². The maximum atomic E-state index is 12.3. The van der Waals surface area contributed by atoms with E-state index in [4.69, 9.17) is 13.8 Å². The molecule has 0 radical (unpaired) electrons. The van der Waals surface area contributed by atoms with Gasteiger partial charge in [0, 0.05) is 0 Å². The van der Waals surface area contributed by atoms with Crippen LogP contribution in [0.25, 0.3) is 11.1 Å². The van der Waals surface area contributed by atoms with Gasteiger partial charge in [0.1, 0.15) is 6.61 Å². The normalized spacial score (nSPS) is 14.3. The van der Waals surface area contributed by atoms with Gasteiger partial charge in [0.2, 0.25) is 0 Å². The number of fused-ring (bicyclic) bond motifs is 3. The smallest absolute Gasteiger partial charge is 0.472 e. The average molecular weight is 497 g/mol. The summed E-state index contributed by atoms with van der Waals surface area (Å²) in [6.07, 6.45) is -0.278. The van der Waals surface area contributed by atoms with Crippen molar-refractivity contribution >= 4 is 19.9 Å². The number of carboxylic acid groups (broad SMARTS) is 1. The molecule has 4 rings (SSSR count). The number of carbonyl (C=O) groups excluding carboxylic acids is 1. The molecule has 10 heteroatoms. The minimum Gasteiger partial charge on any atom is -0.480 e. The van der Waals surface area contributed by atoms with Crippen molar-refractivity contribution in [2.45, 2.75) is 25.7 Å². The highest BCUT2D eigenvalue weighted by atomic mass is 31.2. The van der Waals surface area contributed by atoms with Gasteiger partial charge in [-0.1, -0.05) is 72.8 Å². The fourth-order valence-electron chi connectivity index (χ4n) is 3.80. The van der Waals surface area contributed by atoms with Crippen LogP contribution >= 0.6 is 7.82 Å². The molecule has 0 saturated carbocycles. The first-order valence-corrected chi connectivity index (χ1v) is 12.3. The number of benzene rings is 3. The standard InChI is InChI=1S/C25H24NO8P/c27-24(28)23(16-34-35(30,31)33-14-17-7-2-1-3-8-17)26-25(29)32-15-19-10-6-12-21-20-11-5-4-9-18(20)13-22(19)21/h1-12,23H,13-16H2,(H,26,29)(H,27,28)(H,30,31)/t23-/m0/s1. The number of ether oxygens (including phenoxy) is 1. The highest BCUT2D eigenvalue weighted by molar-refractivity contribution is 7.47. The molecule has 9 nitrogen and oxygen atoms in total. The topological polar surface area (TPSA) is 131 Å². The van der Waals surface area contributed by atoms with E-state index >= 15 is 0 Å². The molecule has 3 aromatic rings. The van der Waals surface area contributed by atoms with E-state index in [1.54, 1.807) is 30.3 Å². The number of phosphoric acid groups is 1. The van der Waals surface area contributed by atoms with Gasteiger partial charge in [-0.05, 0) is 39.8 Å². The highest BCUT2D eigenvalue weighted by Gasteiger charge is 2.28. The Morgan fingerprint density at radius 3 is 2.40 bits per heavy atom. The number of carbonyl (C=O) groups is 2. The van der Waals surface area contributed by atoms with Crippen molar-refractivity contribution in [3.8, 4) is 11.1 Å². The number of phosphoric ester groups is 1. The number of carboxylic acids is 1. The molecule has 182 valence electrons. The molecular formula is C25H24NO8P. The van der Waals surface area contributed by atoms with Crippen LogP contribution in [0.1, 0.15) is 22.3 Å². The van der Waals surface area contributed by atoms with Gasteiger partial charge in [0.15, 0.2) is 6.04 Å². The lowest BCUT2D eigenvalue weighted by Gasteiger charge is -2.17. The van der Waals surface area contributed by atoms with Crippen molar-refractivity contribution < 1.29 is 37.9 Å². The largest absolute Gasteiger partial charge is 0.480 e. The summed E-state index contributed by atoms with van der Waals surface area (Å²) in [5, 5.41) is 11.5. The zero-order chi connectivity index (χ0) is 24.8. The quantitative estimate of drug-likeness (QED) is 0.277. The Hall–Kier alpha value is -3.49. The van der Waals surface area contributed by atoms with Crippen LogP contribution in [-0.2, 0) is 42.8 Å². The van der Waals surface area contributed by atoms with Crippen LogP contribution in [0, 0.1) is 0 Å². The van der Waals surface area contributed by atoms with Gasteiger partial charge in [-0.25, -0.2) is 14.2 Å². The Kier molecular flexibility index (Phi) is 7.63. The summed E-state index contributed by atoms with van der Waals surface area (Å²) in [6, 6.07) is 20.8. The molecule has 0 heterocycles. The lowest BCUT2D eigenvalue weighted by molar-refractivity contribution is -0.140. The summed E-state index contributed by atoms with van der Waals surface area (Å²) in [5.41, 5.74) is 5.90. The van der Waals surface area contributed by atoms with Crippen LogP contribution in [0.2, 0.25) is 0 Å². The van der Waals surface area contributed by atoms with Gasteiger partial charge >= 0.3 is 19.9 Å². The fourth-order valence-corrected chi connectivity index (χ4v) is 4.52. The fraction of sp³-hybridized carbons (Fsp3) is 0.200. The molecule has 2 atom stereocenters. The molecule has 35 heavy (non-hydrogen) atoms. The van der Waals surface area contributed by atoms with Crippen molar-refractivity contribution in [2.24, 2.45) is 0 Å². The van der Waals surface area contributed by atoms with E-state index in [0.717, 1.165) is 22.3 Å². The number of hydrogen-bond acceptors (Lipinski definition) is 6. The lowest BCUT2D eigenvalue weighted by Crippen LogP contribution is -2.44. The second-order valence-corrected chi connectivity index (χ2v) is 9.37. The molecule has 1 aliphatic rings. The Morgan fingerprint density at radius 1 is 0.914 bits per heavy atom. The summed E-state index contributed by atoms with van der Waals surface area (Å²) in [5.74, 6) is -1.46. The molecule has 0 aromatic heterocycles. The van der Waals surface area contributed by atoms with E-state index in [1.165, 1.54) is 5.56 Å². The maximum absolute atomic E-state index is 12.3. The molecule has 0 aliphatic heterocycles. The van der Waals surface area contributed by atoms with Crippen LogP contribution in [-0.4, -0.2) is 34.7 Å². The average Bonchev–Trinajstić information content (AvgIpc) is 3.24. The number of alkyl carbamates (subject to hydrolysis) is 1. The molecule has 0 spiro atoms.